The number of nitrogens with one attached hydrogen (secondary N) is 1. The van der Waals surface area contributed by atoms with Gasteiger partial charge in [-0.15, -0.1) is 6.58 Å². The third-order valence-electron chi connectivity index (χ3n) is 11.4. The number of amides is 1. The molecule has 59 heavy (non-hydrogen) atoms. The van der Waals surface area contributed by atoms with E-state index in [0.29, 0.717) is 30.8 Å². The number of Topliss-reactive ketones (excluding diaryl/α,β-unsaturated/α-hetero) is 1. The van der Waals surface area contributed by atoms with Crippen LogP contribution in [0.2, 0.25) is 51.4 Å². The van der Waals surface area contributed by atoms with Crippen LogP contribution in [0.5, 0.6) is 11.5 Å². The Morgan fingerprint density at radius 2 is 1.53 bits per heavy atom. The molecule has 2 aliphatic rings. The number of esters is 1. The van der Waals surface area contributed by atoms with Crippen LogP contribution < -0.4 is 5.32 Å². The summed E-state index contributed by atoms with van der Waals surface area (Å²) in [5, 5.41) is 23.9. The van der Waals surface area contributed by atoms with Gasteiger partial charge in [0.25, 0.3) is 5.91 Å². The number of ketones is 1. The predicted octanol–water partition coefficient (Wildman–Crippen LogP) is 6.73. The molecule has 0 radical (unpaired) electrons. The molecule has 3 N–H and O–H groups in total. The number of methoxy groups -OCH3 is 2. The predicted molar refractivity (Wildman–Crippen MR) is 230 cm³/mol. The summed E-state index contributed by atoms with van der Waals surface area (Å²) in [5.74, 6) is -2.22. The number of benzene rings is 1. The van der Waals surface area contributed by atoms with Gasteiger partial charge in [-0.25, -0.2) is 4.79 Å². The Labute approximate surface area is 354 Å². The lowest BCUT2D eigenvalue weighted by molar-refractivity contribution is -0.197. The number of phenols is 2. The van der Waals surface area contributed by atoms with Gasteiger partial charge in [-0.2, -0.15) is 0 Å². The quantitative estimate of drug-likeness (QED) is 0.0328. The van der Waals surface area contributed by atoms with Gasteiger partial charge in [-0.05, 0) is 43.5 Å². The molecule has 2 aliphatic heterocycles. The van der Waals surface area contributed by atoms with Gasteiger partial charge in [0.05, 0.1) is 18.3 Å². The number of phenolic OH excluding ortho intramolecular Hbond substituents is 2. The zero-order valence-corrected chi connectivity index (χ0v) is 39.9. The second-order valence-electron chi connectivity index (χ2n) is 19.2. The van der Waals surface area contributed by atoms with Gasteiger partial charge in [-0.1, -0.05) is 65.6 Å². The highest BCUT2D eigenvalue weighted by molar-refractivity contribution is 6.76. The van der Waals surface area contributed by atoms with Crippen LogP contribution in [0.4, 0.5) is 0 Å². The van der Waals surface area contributed by atoms with Gasteiger partial charge in [0.2, 0.25) is 0 Å². The average Bonchev–Trinajstić information content (AvgIpc) is 3.12. The first kappa shape index (κ1) is 50.7. The lowest BCUT2D eigenvalue weighted by Gasteiger charge is -2.45. The fraction of sp³-hybridized carbons (Fsp3) is 0.744. The minimum Gasteiger partial charge on any atom is -0.508 e. The molecule has 1 aromatic carbocycles. The third-order valence-corrected chi connectivity index (χ3v) is 14.8. The maximum Gasteiger partial charge on any atom is 0.342 e. The van der Waals surface area contributed by atoms with Gasteiger partial charge in [-0.3, -0.25) is 9.59 Å². The number of rotatable bonds is 24. The molecule has 14 nitrogen and oxygen atoms in total. The minimum atomic E-state index is -1.38. The zero-order valence-electron chi connectivity index (χ0n) is 37.9. The molecule has 16 heteroatoms. The van der Waals surface area contributed by atoms with Crippen molar-refractivity contribution in [3.63, 3.8) is 0 Å². The summed E-state index contributed by atoms with van der Waals surface area (Å²) in [5.41, 5.74) is 0.856. The molecule has 8 atom stereocenters. The van der Waals surface area contributed by atoms with Crippen molar-refractivity contribution in [2.24, 2.45) is 11.3 Å². The van der Waals surface area contributed by atoms with Crippen molar-refractivity contribution in [2.75, 3.05) is 41.0 Å². The fourth-order valence-corrected chi connectivity index (χ4v) is 8.67. The van der Waals surface area contributed by atoms with Crippen molar-refractivity contribution in [1.29, 1.82) is 0 Å². The van der Waals surface area contributed by atoms with E-state index >= 15 is 0 Å². The van der Waals surface area contributed by atoms with E-state index in [1.807, 2.05) is 27.7 Å². The summed E-state index contributed by atoms with van der Waals surface area (Å²) in [6, 6.07) is 3.02. The van der Waals surface area contributed by atoms with E-state index in [1.165, 1.54) is 14.2 Å². The summed E-state index contributed by atoms with van der Waals surface area (Å²) in [6.07, 6.45) is -4.96. The number of hydrogen-bond donors (Lipinski definition) is 3. The summed E-state index contributed by atoms with van der Waals surface area (Å²) in [6.45, 7) is 27.5. The first-order valence-electron chi connectivity index (χ1n) is 20.7. The second-order valence-corrected chi connectivity index (χ2v) is 30.5. The highest BCUT2D eigenvalue weighted by Gasteiger charge is 2.49. The Morgan fingerprint density at radius 1 is 0.932 bits per heavy atom. The molecule has 1 amide bonds. The minimum absolute atomic E-state index is 0.0305. The van der Waals surface area contributed by atoms with Crippen molar-refractivity contribution < 1.29 is 62.5 Å². The van der Waals surface area contributed by atoms with E-state index in [1.54, 1.807) is 6.92 Å². The average molecular weight is 868 g/mol. The van der Waals surface area contributed by atoms with Crippen LogP contribution in [0.3, 0.4) is 0 Å². The molecular weight excluding hydrogens is 795 g/mol. The van der Waals surface area contributed by atoms with Gasteiger partial charge in [0.1, 0.15) is 48.6 Å². The van der Waals surface area contributed by atoms with Gasteiger partial charge >= 0.3 is 5.97 Å². The normalized spacial score (nSPS) is 22.2. The van der Waals surface area contributed by atoms with Crippen molar-refractivity contribution in [3.8, 4) is 11.5 Å². The molecular formula is C43H73NO13Si2. The monoisotopic (exact) mass is 867 g/mol. The first-order valence-corrected chi connectivity index (χ1v) is 28.1. The number of hydrogen-bond acceptors (Lipinski definition) is 13. The Morgan fingerprint density at radius 3 is 2.07 bits per heavy atom. The Balaban J connectivity index is 1.86. The van der Waals surface area contributed by atoms with Crippen LogP contribution in [0.1, 0.15) is 68.4 Å². The van der Waals surface area contributed by atoms with E-state index in [9.17, 15) is 24.6 Å². The molecule has 3 rings (SSSR count). The van der Waals surface area contributed by atoms with Crippen molar-refractivity contribution >= 4 is 33.8 Å². The molecule has 0 bridgehead atoms. The molecule has 0 aliphatic carbocycles. The van der Waals surface area contributed by atoms with E-state index in [2.05, 4.69) is 51.2 Å². The summed E-state index contributed by atoms with van der Waals surface area (Å²) in [4.78, 5) is 41.2. The van der Waals surface area contributed by atoms with E-state index in [0.717, 1.165) is 23.7 Å². The van der Waals surface area contributed by atoms with E-state index in [4.69, 9.17) is 37.9 Å². The van der Waals surface area contributed by atoms with Gasteiger partial charge in [0, 0.05) is 80.2 Å². The number of cyclic esters (lactones) is 1. The molecule has 2 heterocycles. The fourth-order valence-electron chi connectivity index (χ4n) is 7.16. The molecule has 1 saturated heterocycles. The van der Waals surface area contributed by atoms with E-state index < -0.39 is 82.2 Å². The summed E-state index contributed by atoms with van der Waals surface area (Å²) in [7, 11) is 0.220. The third kappa shape index (κ3) is 14.7. The molecule has 1 aromatic rings. The topological polar surface area (TPSA) is 178 Å². The van der Waals surface area contributed by atoms with Crippen molar-refractivity contribution in [2.45, 2.75) is 155 Å². The van der Waals surface area contributed by atoms with Crippen molar-refractivity contribution in [3.05, 3.63) is 34.9 Å². The van der Waals surface area contributed by atoms with Crippen LogP contribution in [0, 0.1) is 18.3 Å². The molecule has 0 aromatic heterocycles. The number of ether oxygens (including phenoxy) is 8. The summed E-state index contributed by atoms with van der Waals surface area (Å²) < 4.78 is 48.3. The van der Waals surface area contributed by atoms with Crippen LogP contribution in [-0.4, -0.2) is 128 Å². The van der Waals surface area contributed by atoms with Crippen molar-refractivity contribution in [1.82, 2.24) is 5.32 Å². The number of aromatic hydroxyl groups is 2. The maximum absolute atomic E-state index is 14.0. The Kier molecular flexibility index (Phi) is 18.8. The first-order chi connectivity index (χ1) is 27.4. The second kappa shape index (κ2) is 21.9. The van der Waals surface area contributed by atoms with Crippen LogP contribution in [0.25, 0.3) is 0 Å². The van der Waals surface area contributed by atoms with Gasteiger partial charge < -0.3 is 53.4 Å². The lowest BCUT2D eigenvalue weighted by atomic mass is 9.74. The number of carbonyl (C=O) groups is 3. The van der Waals surface area contributed by atoms with Crippen LogP contribution in [-0.2, 0) is 53.9 Å². The highest BCUT2D eigenvalue weighted by atomic mass is 28.3. The molecule has 1 fully saturated rings. The van der Waals surface area contributed by atoms with E-state index in [-0.39, 0.29) is 55.7 Å². The zero-order chi connectivity index (χ0) is 44.5. The van der Waals surface area contributed by atoms with Crippen LogP contribution in [0.15, 0.2) is 18.2 Å². The largest absolute Gasteiger partial charge is 0.508 e. The molecule has 0 unspecified atom stereocenters. The lowest BCUT2D eigenvalue weighted by Crippen LogP contribution is -2.58. The Hall–Kier alpha value is -2.68. The molecule has 0 saturated carbocycles. The smallest absolute Gasteiger partial charge is 0.342 e. The Bertz CT molecular complexity index is 1590. The van der Waals surface area contributed by atoms with Gasteiger partial charge in [0.15, 0.2) is 12.3 Å². The summed E-state index contributed by atoms with van der Waals surface area (Å²) >= 11 is 0. The molecule has 0 spiro atoms. The number of fused-ring (bicyclic) bond motifs is 1. The maximum atomic E-state index is 14.0. The van der Waals surface area contributed by atoms with Crippen LogP contribution >= 0.6 is 0 Å². The SMILES string of the molecule is C=C(C)C[C@H](OC)[C@H](OCOCC[Si](C)(C)C)C(=O)N[C@@H](OC)[C@@H]1CC(=O)C(C)(C)[C@@H](C[C@H](OCOCC[Si](C)(C)C)[C@@H](C)[C@H]2Cc3c(C)c(O)cc(O)c3C(=O)O2)O1. The highest BCUT2D eigenvalue weighted by Crippen LogP contribution is 2.41. The standard InChI is InChI=1S/C43H73NO13Si2/c1-26(2)19-34(50-7)39(55-25-53-16-18-59(12,13)14)40(48)44-41(51-8)35-22-36(47)43(5,6)37(56-35)23-32(54-24-52-15-17-58(9,10)11)28(4)33-20-29-27(3)30(45)21-31(46)38(29)42(49)57-33/h21,28,32-35,37,39,41,45-46H,1,15-20,22-25H2,2-14H3,(H,44,48)/t28-,32+,33-,34+,35+,37-,39+,41+/m1/s1. The molecule has 336 valence electrons. The number of carbonyl (C=O) groups excluding carboxylic acids is 3.